The van der Waals surface area contributed by atoms with Crippen molar-refractivity contribution in [1.29, 1.82) is 0 Å². The summed E-state index contributed by atoms with van der Waals surface area (Å²) in [4.78, 5) is 5.05. The van der Waals surface area contributed by atoms with Crippen LogP contribution in [0.3, 0.4) is 0 Å². The molecule has 0 aliphatic rings. The zero-order chi connectivity index (χ0) is 26.7. The number of hydrogen-bond donors (Lipinski definition) is 2. The predicted octanol–water partition coefficient (Wildman–Crippen LogP) is 6.01. The van der Waals surface area contributed by atoms with Crippen LogP contribution in [0.4, 0.5) is 5.82 Å². The van der Waals surface area contributed by atoms with Gasteiger partial charge in [0, 0.05) is 35.3 Å². The Kier molecular flexibility index (Phi) is 7.46. The first kappa shape index (κ1) is 25.9. The molecule has 0 aliphatic heterocycles. The second-order valence-electron chi connectivity index (χ2n) is 9.06. The van der Waals surface area contributed by atoms with Crippen molar-refractivity contribution < 1.29 is 8.42 Å². The van der Waals surface area contributed by atoms with Crippen LogP contribution in [0.15, 0.2) is 90.0 Å². The molecule has 5 aromatic rings. The van der Waals surface area contributed by atoms with E-state index < -0.39 is 10.0 Å². The van der Waals surface area contributed by atoms with Crippen LogP contribution in [-0.2, 0) is 29.5 Å². The minimum atomic E-state index is -3.58. The third kappa shape index (κ3) is 5.57. The van der Waals surface area contributed by atoms with Crippen molar-refractivity contribution >= 4 is 33.1 Å². The SMILES string of the molecule is CCc1ccc(S(=O)(=O)NCc2ccc(CNc3cc(-c4ccccc4Cl)nc4c(C)cnn34)cc2)cc1. The molecule has 38 heavy (non-hydrogen) atoms. The van der Waals surface area contributed by atoms with Gasteiger partial charge in [-0.25, -0.2) is 18.1 Å². The molecule has 194 valence electrons. The lowest BCUT2D eigenvalue weighted by Crippen LogP contribution is -2.23. The fourth-order valence-corrected chi connectivity index (χ4v) is 5.39. The fourth-order valence-electron chi connectivity index (χ4n) is 4.14. The largest absolute Gasteiger partial charge is 0.366 e. The summed E-state index contributed by atoms with van der Waals surface area (Å²) in [5.74, 6) is 0.795. The van der Waals surface area contributed by atoms with Gasteiger partial charge in [0.25, 0.3) is 0 Å². The van der Waals surface area contributed by atoms with Crippen molar-refractivity contribution in [1.82, 2.24) is 19.3 Å². The number of hydrogen-bond acceptors (Lipinski definition) is 5. The molecular weight excluding hydrogens is 518 g/mol. The molecule has 2 aromatic heterocycles. The van der Waals surface area contributed by atoms with Crippen molar-refractivity contribution in [2.45, 2.75) is 38.3 Å². The first-order chi connectivity index (χ1) is 18.3. The first-order valence-corrected chi connectivity index (χ1v) is 14.2. The van der Waals surface area contributed by atoms with Crippen molar-refractivity contribution in [2.75, 3.05) is 5.32 Å². The summed E-state index contributed by atoms with van der Waals surface area (Å²) in [5.41, 5.74) is 6.36. The molecule has 3 aromatic carbocycles. The molecule has 0 saturated heterocycles. The summed E-state index contributed by atoms with van der Waals surface area (Å²) < 4.78 is 29.8. The van der Waals surface area contributed by atoms with Crippen LogP contribution in [0.1, 0.15) is 29.2 Å². The lowest BCUT2D eigenvalue weighted by atomic mass is 10.1. The van der Waals surface area contributed by atoms with E-state index in [0.717, 1.165) is 51.4 Å². The number of nitrogens with zero attached hydrogens (tertiary/aromatic N) is 3. The van der Waals surface area contributed by atoms with Gasteiger partial charge in [0.15, 0.2) is 5.65 Å². The molecule has 0 unspecified atom stereocenters. The zero-order valence-corrected chi connectivity index (χ0v) is 22.7. The third-order valence-electron chi connectivity index (χ3n) is 6.40. The van der Waals surface area contributed by atoms with Gasteiger partial charge in [-0.15, -0.1) is 0 Å². The molecule has 0 aliphatic carbocycles. The summed E-state index contributed by atoms with van der Waals surface area (Å²) in [5, 5.41) is 8.57. The summed E-state index contributed by atoms with van der Waals surface area (Å²) in [6.07, 6.45) is 2.66. The summed E-state index contributed by atoms with van der Waals surface area (Å²) in [7, 11) is -3.58. The van der Waals surface area contributed by atoms with E-state index in [-0.39, 0.29) is 11.4 Å². The number of benzene rings is 3. The van der Waals surface area contributed by atoms with E-state index >= 15 is 0 Å². The highest BCUT2D eigenvalue weighted by Gasteiger charge is 2.14. The van der Waals surface area contributed by atoms with Gasteiger partial charge in [-0.3, -0.25) is 0 Å². The number of anilines is 1. The molecule has 2 N–H and O–H groups in total. The predicted molar refractivity (Wildman–Crippen MR) is 152 cm³/mol. The van der Waals surface area contributed by atoms with Crippen LogP contribution in [-0.4, -0.2) is 23.0 Å². The van der Waals surface area contributed by atoms with Gasteiger partial charge in [0.1, 0.15) is 5.82 Å². The fraction of sp³-hybridized carbons (Fsp3) is 0.172. The summed E-state index contributed by atoms with van der Waals surface area (Å²) in [6, 6.07) is 24.4. The van der Waals surface area contributed by atoms with E-state index in [2.05, 4.69) is 15.1 Å². The maximum absolute atomic E-state index is 12.6. The summed E-state index contributed by atoms with van der Waals surface area (Å²) >= 11 is 6.44. The smallest absolute Gasteiger partial charge is 0.240 e. The van der Waals surface area contributed by atoms with Crippen LogP contribution in [0.2, 0.25) is 5.02 Å². The molecular formula is C29H28ClN5O2S. The minimum absolute atomic E-state index is 0.213. The van der Waals surface area contributed by atoms with Crippen molar-refractivity contribution in [2.24, 2.45) is 0 Å². The van der Waals surface area contributed by atoms with Crippen LogP contribution < -0.4 is 10.0 Å². The quantitative estimate of drug-likeness (QED) is 0.237. The average Bonchev–Trinajstić information content (AvgIpc) is 3.32. The number of fused-ring (bicyclic) bond motifs is 1. The Balaban J connectivity index is 1.28. The molecule has 0 amide bonds. The van der Waals surface area contributed by atoms with Gasteiger partial charge in [-0.2, -0.15) is 9.61 Å². The Labute approximate surface area is 227 Å². The van der Waals surface area contributed by atoms with E-state index in [0.29, 0.717) is 11.6 Å². The van der Waals surface area contributed by atoms with Crippen LogP contribution >= 0.6 is 11.6 Å². The number of aromatic nitrogens is 3. The van der Waals surface area contributed by atoms with Crippen LogP contribution in [0.5, 0.6) is 0 Å². The second kappa shape index (κ2) is 10.9. The molecule has 2 heterocycles. The number of rotatable bonds is 9. The lowest BCUT2D eigenvalue weighted by molar-refractivity contribution is 0.581. The van der Waals surface area contributed by atoms with E-state index in [4.69, 9.17) is 16.6 Å². The Hall–Kier alpha value is -3.72. The van der Waals surface area contributed by atoms with Gasteiger partial charge >= 0.3 is 0 Å². The molecule has 0 spiro atoms. The molecule has 7 nitrogen and oxygen atoms in total. The topological polar surface area (TPSA) is 88.4 Å². The highest BCUT2D eigenvalue weighted by molar-refractivity contribution is 7.89. The standard InChI is InChI=1S/C29H28ClN5O2S/c1-3-21-12-14-24(15-13-21)38(36,37)33-19-23-10-8-22(9-11-23)18-31-28-16-27(25-6-4-5-7-26(25)30)34-29-20(2)17-32-35(28)29/h4-17,31,33H,3,18-19H2,1-2H3. The molecule has 0 atom stereocenters. The van der Waals surface area contributed by atoms with Gasteiger partial charge in [-0.1, -0.05) is 73.1 Å². The normalized spacial score (nSPS) is 11.7. The van der Waals surface area contributed by atoms with Gasteiger partial charge in [0.05, 0.1) is 16.8 Å². The number of sulfonamides is 1. The third-order valence-corrected chi connectivity index (χ3v) is 8.15. The van der Waals surface area contributed by atoms with Crippen LogP contribution in [0, 0.1) is 6.92 Å². The van der Waals surface area contributed by atoms with Crippen molar-refractivity contribution in [3.63, 3.8) is 0 Å². The number of aryl methyl sites for hydroxylation is 2. The maximum atomic E-state index is 12.6. The number of halogens is 1. The Morgan fingerprint density at radius 2 is 1.55 bits per heavy atom. The highest BCUT2D eigenvalue weighted by Crippen LogP contribution is 2.29. The number of nitrogens with one attached hydrogen (secondary N) is 2. The Bertz CT molecular complexity index is 1680. The van der Waals surface area contributed by atoms with Gasteiger partial charge < -0.3 is 5.32 Å². The van der Waals surface area contributed by atoms with E-state index in [1.54, 1.807) is 22.8 Å². The highest BCUT2D eigenvalue weighted by atomic mass is 35.5. The Morgan fingerprint density at radius 1 is 0.895 bits per heavy atom. The zero-order valence-electron chi connectivity index (χ0n) is 21.1. The molecule has 9 heteroatoms. The molecule has 0 radical (unpaired) electrons. The van der Waals surface area contributed by atoms with Gasteiger partial charge in [0.2, 0.25) is 10.0 Å². The first-order valence-electron chi connectivity index (χ1n) is 12.3. The molecule has 0 bridgehead atoms. The average molecular weight is 546 g/mol. The lowest BCUT2D eigenvalue weighted by Gasteiger charge is -2.12. The van der Waals surface area contributed by atoms with Gasteiger partial charge in [-0.05, 0) is 48.2 Å². The van der Waals surface area contributed by atoms with E-state index in [9.17, 15) is 8.42 Å². The Morgan fingerprint density at radius 3 is 2.24 bits per heavy atom. The van der Waals surface area contributed by atoms with E-state index in [1.807, 2.05) is 80.6 Å². The van der Waals surface area contributed by atoms with Crippen molar-refractivity contribution in [3.05, 3.63) is 112 Å². The molecule has 0 fully saturated rings. The van der Waals surface area contributed by atoms with Crippen molar-refractivity contribution in [3.8, 4) is 11.3 Å². The second-order valence-corrected chi connectivity index (χ2v) is 11.2. The van der Waals surface area contributed by atoms with Crippen LogP contribution in [0.25, 0.3) is 16.9 Å². The van der Waals surface area contributed by atoms with E-state index in [1.165, 1.54) is 0 Å². The summed E-state index contributed by atoms with van der Waals surface area (Å²) in [6.45, 7) is 4.78. The maximum Gasteiger partial charge on any atom is 0.240 e. The monoisotopic (exact) mass is 545 g/mol. The molecule has 0 saturated carbocycles. The molecule has 5 rings (SSSR count). The minimum Gasteiger partial charge on any atom is -0.366 e.